The van der Waals surface area contributed by atoms with Crippen LogP contribution in [-0.4, -0.2) is 0 Å². The third kappa shape index (κ3) is 4.31. The van der Waals surface area contributed by atoms with Crippen LogP contribution in [0, 0.1) is 0 Å². The highest BCUT2D eigenvalue weighted by atomic mass is 14.2. The fourth-order valence-electron chi connectivity index (χ4n) is 7.77. The second-order valence-electron chi connectivity index (χ2n) is 12.9. The van der Waals surface area contributed by atoms with Crippen molar-refractivity contribution in [2.75, 3.05) is 0 Å². The molecule has 0 fully saturated rings. The highest BCUT2D eigenvalue weighted by Gasteiger charge is 2.12. The molecule has 0 unspecified atom stereocenters. The van der Waals surface area contributed by atoms with Crippen molar-refractivity contribution in [1.82, 2.24) is 0 Å². The molecule has 0 amide bonds. The van der Waals surface area contributed by atoms with E-state index in [-0.39, 0.29) is 0 Å². The molecule has 10 aromatic carbocycles. The van der Waals surface area contributed by atoms with Gasteiger partial charge in [0.15, 0.2) is 0 Å². The van der Waals surface area contributed by atoms with Crippen molar-refractivity contribution in [2.45, 2.75) is 0 Å². The average molecular weight is 607 g/mol. The molecular weight excluding hydrogens is 577 g/mol. The van der Waals surface area contributed by atoms with Gasteiger partial charge in [0.1, 0.15) is 0 Å². The van der Waals surface area contributed by atoms with Gasteiger partial charge in [-0.3, -0.25) is 0 Å². The molecular formula is C48H30. The van der Waals surface area contributed by atoms with Crippen LogP contribution >= 0.6 is 0 Å². The molecule has 0 aliphatic rings. The van der Waals surface area contributed by atoms with Crippen molar-refractivity contribution in [3.05, 3.63) is 182 Å². The summed E-state index contributed by atoms with van der Waals surface area (Å²) in [6.45, 7) is 0. The summed E-state index contributed by atoms with van der Waals surface area (Å²) in [6.07, 6.45) is 0. The first-order valence-corrected chi connectivity index (χ1v) is 16.7. The van der Waals surface area contributed by atoms with Gasteiger partial charge in [-0.1, -0.05) is 152 Å². The van der Waals surface area contributed by atoms with E-state index in [1.807, 2.05) is 0 Å². The Bertz CT molecular complexity index is 2890. The van der Waals surface area contributed by atoms with Crippen LogP contribution < -0.4 is 0 Å². The quantitative estimate of drug-likeness (QED) is 0.176. The summed E-state index contributed by atoms with van der Waals surface area (Å²) in [6, 6.07) is 67.2. The summed E-state index contributed by atoms with van der Waals surface area (Å²) in [5.41, 5.74) is 7.46. The standard InChI is InChI=1S/C48H30/c1-2-10-33-26-36(17-16-31(33)8-1)34-11-7-12-35(27-34)37-21-23-42-38(28-37)18-19-39-29-40(22-24-43(39)42)47-30-48-41-13-4-3-9-32(41)20-25-46(48)44-14-5-6-15-45(44)47/h1-30H. The van der Waals surface area contributed by atoms with Crippen molar-refractivity contribution in [3.8, 4) is 33.4 Å². The van der Waals surface area contributed by atoms with Crippen molar-refractivity contribution in [2.24, 2.45) is 0 Å². The zero-order valence-electron chi connectivity index (χ0n) is 26.3. The number of fused-ring (bicyclic) bond motifs is 9. The van der Waals surface area contributed by atoms with Crippen LogP contribution in [0.5, 0.6) is 0 Å². The Balaban J connectivity index is 1.07. The van der Waals surface area contributed by atoms with E-state index < -0.39 is 0 Å². The Morgan fingerprint density at radius 2 is 0.646 bits per heavy atom. The molecule has 0 nitrogen and oxygen atoms in total. The van der Waals surface area contributed by atoms with E-state index in [1.165, 1.54) is 98.0 Å². The van der Waals surface area contributed by atoms with E-state index in [2.05, 4.69) is 182 Å². The Morgan fingerprint density at radius 1 is 0.188 bits per heavy atom. The van der Waals surface area contributed by atoms with Gasteiger partial charge in [0.25, 0.3) is 0 Å². The molecule has 222 valence electrons. The molecule has 10 aromatic rings. The van der Waals surface area contributed by atoms with Crippen molar-refractivity contribution < 1.29 is 0 Å². The molecule has 0 aliphatic carbocycles. The number of benzene rings is 10. The monoisotopic (exact) mass is 606 g/mol. The average Bonchev–Trinajstić information content (AvgIpc) is 3.16. The lowest BCUT2D eigenvalue weighted by Gasteiger charge is -2.14. The molecule has 0 saturated heterocycles. The number of hydrogen-bond donors (Lipinski definition) is 0. The van der Waals surface area contributed by atoms with Gasteiger partial charge in [-0.25, -0.2) is 0 Å². The summed E-state index contributed by atoms with van der Waals surface area (Å²) in [5, 5.41) is 15.4. The summed E-state index contributed by atoms with van der Waals surface area (Å²) < 4.78 is 0. The number of hydrogen-bond acceptors (Lipinski definition) is 0. The minimum atomic E-state index is 1.23. The molecule has 0 aliphatic heterocycles. The van der Waals surface area contributed by atoms with E-state index in [4.69, 9.17) is 0 Å². The van der Waals surface area contributed by atoms with Gasteiger partial charge in [-0.15, -0.1) is 0 Å². The molecule has 0 radical (unpaired) electrons. The topological polar surface area (TPSA) is 0 Å². The predicted octanol–water partition coefficient (Wildman–Crippen LogP) is 13.6. The lowest BCUT2D eigenvalue weighted by Crippen LogP contribution is -1.87. The van der Waals surface area contributed by atoms with Crippen LogP contribution in [-0.2, 0) is 0 Å². The van der Waals surface area contributed by atoms with Crippen molar-refractivity contribution >= 4 is 64.6 Å². The highest BCUT2D eigenvalue weighted by Crippen LogP contribution is 2.40. The van der Waals surface area contributed by atoms with Crippen molar-refractivity contribution in [3.63, 3.8) is 0 Å². The normalized spacial score (nSPS) is 11.8. The van der Waals surface area contributed by atoms with Crippen molar-refractivity contribution in [1.29, 1.82) is 0 Å². The van der Waals surface area contributed by atoms with Crippen LogP contribution in [0.4, 0.5) is 0 Å². The molecule has 0 N–H and O–H groups in total. The summed E-state index contributed by atoms with van der Waals surface area (Å²) in [4.78, 5) is 0. The second kappa shape index (κ2) is 10.7. The summed E-state index contributed by atoms with van der Waals surface area (Å²) in [5.74, 6) is 0. The molecule has 0 heterocycles. The van der Waals surface area contributed by atoms with Gasteiger partial charge in [-0.2, -0.15) is 0 Å². The Hall–Kier alpha value is -6.24. The van der Waals surface area contributed by atoms with Gasteiger partial charge >= 0.3 is 0 Å². The maximum absolute atomic E-state index is 2.40. The van der Waals surface area contributed by atoms with Crippen LogP contribution in [0.25, 0.3) is 98.0 Å². The van der Waals surface area contributed by atoms with E-state index in [0.29, 0.717) is 0 Å². The van der Waals surface area contributed by atoms with E-state index in [1.54, 1.807) is 0 Å². The molecule has 0 bridgehead atoms. The SMILES string of the molecule is c1cc(-c2ccc3ccccc3c2)cc(-c2ccc3c(ccc4cc(-c5cc6c7ccccc7ccc6c6ccccc56)ccc43)c2)c1. The third-order valence-corrected chi connectivity index (χ3v) is 10.2. The van der Waals surface area contributed by atoms with Gasteiger partial charge in [0.05, 0.1) is 0 Å². The fourth-order valence-corrected chi connectivity index (χ4v) is 7.77. The first-order chi connectivity index (χ1) is 23.8. The minimum absolute atomic E-state index is 1.23. The van der Waals surface area contributed by atoms with Crippen LogP contribution in [0.2, 0.25) is 0 Å². The summed E-state index contributed by atoms with van der Waals surface area (Å²) >= 11 is 0. The molecule has 0 heteroatoms. The van der Waals surface area contributed by atoms with E-state index in [9.17, 15) is 0 Å². The molecule has 0 atom stereocenters. The fraction of sp³-hybridized carbons (Fsp3) is 0. The van der Waals surface area contributed by atoms with Gasteiger partial charge in [0, 0.05) is 0 Å². The van der Waals surface area contributed by atoms with Gasteiger partial charge in [-0.05, 0) is 128 Å². The highest BCUT2D eigenvalue weighted by molar-refractivity contribution is 6.21. The Labute approximate surface area is 279 Å². The lowest BCUT2D eigenvalue weighted by atomic mass is 9.89. The smallest absolute Gasteiger partial charge is 0.00928 e. The molecule has 0 spiro atoms. The zero-order valence-corrected chi connectivity index (χ0v) is 26.3. The summed E-state index contributed by atoms with van der Waals surface area (Å²) in [7, 11) is 0. The Kier molecular flexibility index (Phi) is 5.98. The Morgan fingerprint density at radius 3 is 1.42 bits per heavy atom. The lowest BCUT2D eigenvalue weighted by molar-refractivity contribution is 1.61. The van der Waals surface area contributed by atoms with Crippen LogP contribution in [0.3, 0.4) is 0 Å². The number of rotatable bonds is 3. The molecule has 0 aromatic heterocycles. The maximum Gasteiger partial charge on any atom is -0.00928 e. The van der Waals surface area contributed by atoms with Crippen LogP contribution in [0.1, 0.15) is 0 Å². The van der Waals surface area contributed by atoms with Gasteiger partial charge < -0.3 is 0 Å². The third-order valence-electron chi connectivity index (χ3n) is 10.2. The first-order valence-electron chi connectivity index (χ1n) is 16.7. The largest absolute Gasteiger partial charge is 0.0616 e. The first kappa shape index (κ1) is 26.9. The zero-order chi connectivity index (χ0) is 31.6. The van der Waals surface area contributed by atoms with E-state index >= 15 is 0 Å². The van der Waals surface area contributed by atoms with E-state index in [0.717, 1.165) is 0 Å². The van der Waals surface area contributed by atoms with Crippen LogP contribution in [0.15, 0.2) is 182 Å². The van der Waals surface area contributed by atoms with Gasteiger partial charge in [0.2, 0.25) is 0 Å². The molecule has 10 rings (SSSR count). The minimum Gasteiger partial charge on any atom is -0.0616 e. The molecule has 0 saturated carbocycles. The predicted molar refractivity (Wildman–Crippen MR) is 208 cm³/mol. The molecule has 48 heavy (non-hydrogen) atoms. The second-order valence-corrected chi connectivity index (χ2v) is 12.9. The maximum atomic E-state index is 2.40.